The molecule has 0 unspecified atom stereocenters. The number of nitrogens with one attached hydrogen (secondary N) is 2. The summed E-state index contributed by atoms with van der Waals surface area (Å²) in [5.74, 6) is 3.49. The zero-order valence-corrected chi connectivity index (χ0v) is 35.3. The predicted molar refractivity (Wildman–Crippen MR) is 230 cm³/mol. The maximum atomic E-state index is 10.8. The first-order chi connectivity index (χ1) is 31.0. The minimum atomic E-state index is -0.581. The number of aryl methyl sites for hydroxylation is 3. The molecule has 0 atom stereocenters. The average molecular weight is 911 g/mol. The van der Waals surface area contributed by atoms with Gasteiger partial charge in [0.25, 0.3) is 0 Å². The van der Waals surface area contributed by atoms with Crippen LogP contribution in [0.25, 0.3) is 44.1 Å². The van der Waals surface area contributed by atoms with Gasteiger partial charge >= 0.3 is 11.5 Å². The number of nitrogens with zero attached hydrogens (tertiary/aromatic N) is 16. The number of benzene rings is 4. The van der Waals surface area contributed by atoms with Gasteiger partial charge in [-0.2, -0.15) is 5.26 Å². The Bertz CT molecular complexity index is 3210. The summed E-state index contributed by atoms with van der Waals surface area (Å²) in [6.45, 7) is 0. The summed E-state index contributed by atoms with van der Waals surface area (Å²) < 4.78 is 13.9. The largest absolute Gasteiger partial charge is 0.438 e. The van der Waals surface area contributed by atoms with Crippen LogP contribution in [-0.2, 0) is 46.8 Å². The molecule has 0 saturated carbocycles. The minimum Gasteiger partial charge on any atom is -0.410 e. The van der Waals surface area contributed by atoms with E-state index in [1.807, 2.05) is 75.7 Å². The molecule has 0 saturated heterocycles. The highest BCUT2D eigenvalue weighted by atomic mass is 35.5. The van der Waals surface area contributed by atoms with E-state index in [4.69, 9.17) is 21.4 Å². The fourth-order valence-corrected chi connectivity index (χ4v) is 6.05. The number of aromatic nitrogens is 16. The molecule has 6 heterocycles. The molecule has 28 heteroatoms. The van der Waals surface area contributed by atoms with Gasteiger partial charge in [0.05, 0.1) is 29.0 Å². The smallest absolute Gasteiger partial charge is 0.410 e. The number of nitriles is 1. The Labute approximate surface area is 369 Å². The van der Waals surface area contributed by atoms with E-state index in [2.05, 4.69) is 87.7 Å². The molecule has 0 fully saturated rings. The summed E-state index contributed by atoms with van der Waals surface area (Å²) >= 11 is 0. The lowest BCUT2D eigenvalue weighted by Gasteiger charge is -1.99. The normalized spacial score (nSPS) is 10.7. The van der Waals surface area contributed by atoms with Crippen LogP contribution in [0.2, 0.25) is 0 Å². The van der Waals surface area contributed by atoms with Gasteiger partial charge in [-0.1, -0.05) is 60.2 Å². The summed E-state index contributed by atoms with van der Waals surface area (Å²) in [5, 5.41) is 73.7. The number of fused-ring (bicyclic) bond motifs is 4. The van der Waals surface area contributed by atoms with E-state index < -0.39 is 11.5 Å². The quantitative estimate of drug-likeness (QED) is 0.0388. The van der Waals surface area contributed by atoms with E-state index in [1.54, 1.807) is 32.2 Å². The Hall–Kier alpha value is -8.87. The molecule has 6 aromatic heterocycles. The number of aromatic amines is 2. The molecule has 4 aromatic carbocycles. The van der Waals surface area contributed by atoms with E-state index >= 15 is 0 Å². The lowest BCUT2D eigenvalue weighted by molar-refractivity contribution is 0.154. The number of nitrogens with two attached hydrogens (primary N) is 2. The molecule has 336 valence electrons. The third-order valence-electron chi connectivity index (χ3n) is 9.03. The Kier molecular flexibility index (Phi) is 15.8. The highest BCUT2D eigenvalue weighted by molar-refractivity contribution is 5.85. The van der Waals surface area contributed by atoms with Crippen molar-refractivity contribution in [3.05, 3.63) is 128 Å². The van der Waals surface area contributed by atoms with Crippen molar-refractivity contribution in [1.29, 1.82) is 5.26 Å². The van der Waals surface area contributed by atoms with Crippen LogP contribution in [0.15, 0.2) is 96.6 Å². The molecule has 0 radical (unpaired) electrons. The van der Waals surface area contributed by atoms with Gasteiger partial charge in [0.15, 0.2) is 11.6 Å². The van der Waals surface area contributed by atoms with Crippen molar-refractivity contribution in [3.8, 4) is 6.07 Å². The molecule has 10 aromatic rings. The highest BCUT2D eigenvalue weighted by Crippen LogP contribution is 2.16. The number of oxime groups is 1. The first-order valence-corrected chi connectivity index (χ1v) is 18.5. The van der Waals surface area contributed by atoms with Gasteiger partial charge in [-0.15, -0.1) is 32.8 Å². The van der Waals surface area contributed by atoms with E-state index in [0.717, 1.165) is 55.4 Å². The highest BCUT2D eigenvalue weighted by Gasteiger charge is 2.09. The SMILES string of the molecule is Cl.Cn1nnc2cc(C/C(N)=N/O)ccc21.Cn1nnc2cc(CC#N)ccc21.Cn1nnc2cc(Cc3noc(=O)[nH]3)ccc21.NO.O=c1[nH]c(Cc2ccc3c(c2)nnn3O)no1. The van der Waals surface area contributed by atoms with Crippen molar-refractivity contribution in [3.63, 3.8) is 0 Å². The second-order valence-corrected chi connectivity index (χ2v) is 13.5. The molecule has 0 aliphatic carbocycles. The Morgan fingerprint density at radius 3 is 1.48 bits per heavy atom. The van der Waals surface area contributed by atoms with Crippen LogP contribution in [0.4, 0.5) is 0 Å². The first-order valence-electron chi connectivity index (χ1n) is 18.5. The Balaban J connectivity index is 0.000000161. The maximum Gasteiger partial charge on any atom is 0.438 e. The second kappa shape index (κ2) is 21.8. The van der Waals surface area contributed by atoms with Crippen molar-refractivity contribution in [2.45, 2.75) is 25.7 Å². The topological polar surface area (TPSA) is 389 Å². The van der Waals surface area contributed by atoms with Crippen LogP contribution in [0.5, 0.6) is 0 Å². The molecular weight excluding hydrogens is 872 g/mol. The summed E-state index contributed by atoms with van der Waals surface area (Å²) in [4.78, 5) is 27.2. The summed E-state index contributed by atoms with van der Waals surface area (Å²) in [6, 6.07) is 24.6. The minimum absolute atomic E-state index is 0. The number of H-pyrrole nitrogens is 2. The number of rotatable bonds is 7. The molecule has 0 spiro atoms. The van der Waals surface area contributed by atoms with Gasteiger partial charge in [-0.05, 0) is 76.0 Å². The van der Waals surface area contributed by atoms with Crippen molar-refractivity contribution < 1.29 is 24.7 Å². The van der Waals surface area contributed by atoms with Gasteiger partial charge in [-0.3, -0.25) is 19.0 Å². The number of hydrogen-bond donors (Lipinski definition) is 7. The second-order valence-electron chi connectivity index (χ2n) is 13.5. The molecule has 65 heavy (non-hydrogen) atoms. The van der Waals surface area contributed by atoms with Gasteiger partial charge in [0.2, 0.25) is 0 Å². The fourth-order valence-electron chi connectivity index (χ4n) is 6.05. The van der Waals surface area contributed by atoms with Crippen LogP contribution < -0.4 is 23.1 Å². The molecule has 27 nitrogen and oxygen atoms in total. The summed E-state index contributed by atoms with van der Waals surface area (Å²) in [7, 11) is 5.52. The zero-order valence-electron chi connectivity index (χ0n) is 34.4. The molecule has 0 aliphatic heterocycles. The van der Waals surface area contributed by atoms with E-state index in [1.165, 1.54) is 0 Å². The van der Waals surface area contributed by atoms with Crippen molar-refractivity contribution in [2.75, 3.05) is 0 Å². The molecule has 0 amide bonds. The molecular formula is C37H39ClN20O7. The summed E-state index contributed by atoms with van der Waals surface area (Å²) in [6.07, 6.45) is 1.74. The summed E-state index contributed by atoms with van der Waals surface area (Å²) in [5.41, 5.74) is 15.7. The van der Waals surface area contributed by atoms with Gasteiger partial charge < -0.3 is 21.4 Å². The van der Waals surface area contributed by atoms with Crippen molar-refractivity contribution in [2.24, 2.45) is 37.9 Å². The van der Waals surface area contributed by atoms with Gasteiger partial charge in [0, 0.05) is 40.4 Å². The van der Waals surface area contributed by atoms with E-state index in [9.17, 15) is 14.8 Å². The van der Waals surface area contributed by atoms with Crippen LogP contribution in [0.3, 0.4) is 0 Å². The Morgan fingerprint density at radius 2 is 1.05 bits per heavy atom. The van der Waals surface area contributed by atoms with E-state index in [0.29, 0.717) is 53.2 Å². The van der Waals surface area contributed by atoms with Gasteiger partial charge in [-0.25, -0.2) is 29.5 Å². The zero-order chi connectivity index (χ0) is 45.8. The molecule has 9 N–H and O–H groups in total. The predicted octanol–water partition coefficient (Wildman–Crippen LogP) is 1.22. The lowest BCUT2D eigenvalue weighted by atomic mass is 10.1. The van der Waals surface area contributed by atoms with Crippen LogP contribution in [0, 0.1) is 11.3 Å². The number of amidine groups is 1. The van der Waals surface area contributed by atoms with Crippen LogP contribution in [-0.4, -0.2) is 102 Å². The van der Waals surface area contributed by atoms with Crippen molar-refractivity contribution >= 4 is 62.4 Å². The molecule has 0 bridgehead atoms. The lowest BCUT2D eigenvalue weighted by Crippen LogP contribution is -2.14. The standard InChI is InChI=1S/C10H9N5O2.C9H7N5O3.C9H11N5O.C9H8N4.ClH.H3NO/c1-15-8-3-2-6(4-7(8)12-14-15)5-9-11-10(16)17-13-9;15-9-10-8(12-17-9)4-5-1-2-7-6(3-5)11-13-14(7)16;1-14-8-3-2-6(5-9(10)12-15)4-7(8)11-13-14;1-13-9-3-2-7(4-5-10)6-8(9)11-12-13;;1-2/h2-4H,5H2,1H3,(H,11,13,16);1-3,16H,4H2,(H,10,12,15);2-4,15H,5H2,1H3,(H2,10,12);2-3,6H,4H2,1H3;1H;2H,1H2. The maximum absolute atomic E-state index is 10.8. The van der Waals surface area contributed by atoms with Gasteiger partial charge in [0.1, 0.15) is 33.4 Å². The van der Waals surface area contributed by atoms with Crippen LogP contribution >= 0.6 is 12.4 Å². The average Bonchev–Trinajstić information content (AvgIpc) is 4.18. The molecule has 10 rings (SSSR count). The number of hydrogen-bond acceptors (Lipinski definition) is 20. The third-order valence-corrected chi connectivity index (χ3v) is 9.03. The number of halogens is 1. The monoisotopic (exact) mass is 910 g/mol. The third kappa shape index (κ3) is 11.9. The fraction of sp³-hybridized carbons (Fsp3) is 0.189. The Morgan fingerprint density at radius 1 is 0.662 bits per heavy atom. The van der Waals surface area contributed by atoms with E-state index in [-0.39, 0.29) is 18.2 Å². The van der Waals surface area contributed by atoms with Crippen LogP contribution in [0.1, 0.15) is 33.9 Å². The van der Waals surface area contributed by atoms with Crippen molar-refractivity contribution in [1.82, 2.24) is 80.4 Å². The molecule has 0 aliphatic rings. The first kappa shape index (κ1) is 47.2.